The van der Waals surface area contributed by atoms with Gasteiger partial charge in [0.25, 0.3) is 11.8 Å². The van der Waals surface area contributed by atoms with Crippen molar-refractivity contribution in [2.75, 3.05) is 6.54 Å². The van der Waals surface area contributed by atoms with Gasteiger partial charge in [-0.25, -0.2) is 4.79 Å². The summed E-state index contributed by atoms with van der Waals surface area (Å²) in [5.41, 5.74) is 4.69. The molecule has 3 heterocycles. The summed E-state index contributed by atoms with van der Waals surface area (Å²) in [7, 11) is -4.85. The van der Waals surface area contributed by atoms with Crippen molar-refractivity contribution in [3.05, 3.63) is 30.1 Å². The zero-order valence-electron chi connectivity index (χ0n) is 13.2. The Balaban J connectivity index is 1.61. The Morgan fingerprint density at radius 3 is 2.73 bits per heavy atom. The minimum Gasteiger partial charge on any atom is -0.309 e. The summed E-state index contributed by atoms with van der Waals surface area (Å²) in [5, 5.41) is 0.539. The fraction of sp³-hybridized carbons (Fsp3) is 0.385. The lowest BCUT2D eigenvalue weighted by Crippen LogP contribution is -2.54. The van der Waals surface area contributed by atoms with Crippen LogP contribution in [-0.4, -0.2) is 64.4 Å². The van der Waals surface area contributed by atoms with Crippen LogP contribution in [0.25, 0.3) is 0 Å². The van der Waals surface area contributed by atoms with Crippen molar-refractivity contribution in [2.24, 2.45) is 0 Å². The molecule has 2 saturated heterocycles. The first kappa shape index (κ1) is 18.0. The molecule has 4 amide bonds. The highest BCUT2D eigenvalue weighted by Crippen LogP contribution is 2.30. The van der Waals surface area contributed by atoms with Gasteiger partial charge >= 0.3 is 16.4 Å². The summed E-state index contributed by atoms with van der Waals surface area (Å²) in [6.45, 7) is 0.0585. The SMILES string of the molecule is O=C(NNC(=O)[C@@H]1CCC2CN1C(=O)N2OS(=O)(=O)O)c1cccnc1. The summed E-state index contributed by atoms with van der Waals surface area (Å²) in [5.74, 6) is -1.22. The molecular formula is C13H15N5O7S. The van der Waals surface area contributed by atoms with Crippen LogP contribution in [0, 0.1) is 0 Å². The minimum atomic E-state index is -4.85. The van der Waals surface area contributed by atoms with Crippen molar-refractivity contribution in [3.8, 4) is 0 Å². The molecule has 140 valence electrons. The van der Waals surface area contributed by atoms with Gasteiger partial charge in [0.1, 0.15) is 6.04 Å². The van der Waals surface area contributed by atoms with E-state index in [2.05, 4.69) is 20.1 Å². The van der Waals surface area contributed by atoms with Crippen LogP contribution in [0.3, 0.4) is 0 Å². The van der Waals surface area contributed by atoms with E-state index in [0.29, 0.717) is 5.06 Å². The van der Waals surface area contributed by atoms with Gasteiger partial charge in [-0.1, -0.05) is 0 Å². The highest BCUT2D eigenvalue weighted by molar-refractivity contribution is 7.80. The predicted octanol–water partition coefficient (Wildman–Crippen LogP) is -1.15. The van der Waals surface area contributed by atoms with Crippen LogP contribution in [0.5, 0.6) is 0 Å². The second-order valence-electron chi connectivity index (χ2n) is 5.70. The van der Waals surface area contributed by atoms with E-state index in [9.17, 15) is 22.8 Å². The highest BCUT2D eigenvalue weighted by atomic mass is 32.3. The fourth-order valence-electron chi connectivity index (χ4n) is 2.88. The minimum absolute atomic E-state index is 0.0585. The van der Waals surface area contributed by atoms with Gasteiger partial charge in [-0.2, -0.15) is 13.5 Å². The summed E-state index contributed by atoms with van der Waals surface area (Å²) in [6.07, 6.45) is 3.33. The van der Waals surface area contributed by atoms with E-state index in [1.807, 2.05) is 0 Å². The van der Waals surface area contributed by atoms with Gasteiger partial charge in [-0.05, 0) is 25.0 Å². The summed E-state index contributed by atoms with van der Waals surface area (Å²) in [6, 6.07) is 0.698. The van der Waals surface area contributed by atoms with Gasteiger partial charge in [-0.15, -0.1) is 4.28 Å². The lowest BCUT2D eigenvalue weighted by atomic mass is 10.0. The third-order valence-electron chi connectivity index (χ3n) is 4.02. The number of carbonyl (C=O) groups excluding carboxylic acids is 3. The standard InChI is InChI=1S/C13H15N5O7S/c19-11(8-2-1-5-14-6-8)15-16-12(20)10-4-3-9-7-17(10)13(21)18(9)25-26(22,23)24/h1-2,5-6,9-10H,3-4,7H2,(H,15,19)(H,16,20)(H,22,23,24)/t9?,10-/m0/s1. The molecule has 0 radical (unpaired) electrons. The van der Waals surface area contributed by atoms with E-state index >= 15 is 0 Å². The number of hydroxylamine groups is 2. The molecule has 2 aliphatic rings. The first-order chi connectivity index (χ1) is 12.3. The smallest absolute Gasteiger partial charge is 0.309 e. The number of nitrogens with zero attached hydrogens (tertiary/aromatic N) is 3. The first-order valence-corrected chi connectivity index (χ1v) is 8.90. The number of carbonyl (C=O) groups is 3. The van der Waals surface area contributed by atoms with E-state index in [-0.39, 0.29) is 24.9 Å². The van der Waals surface area contributed by atoms with E-state index in [1.54, 1.807) is 6.07 Å². The number of hydrazine groups is 1. The molecule has 1 unspecified atom stereocenters. The largest absolute Gasteiger partial charge is 0.418 e. The van der Waals surface area contributed by atoms with Gasteiger partial charge in [0, 0.05) is 18.9 Å². The molecule has 2 atom stereocenters. The molecule has 0 aliphatic carbocycles. The molecule has 2 fully saturated rings. The highest BCUT2D eigenvalue weighted by Gasteiger charge is 2.49. The zero-order chi connectivity index (χ0) is 18.9. The Kier molecular flexibility index (Phi) is 4.76. The Labute approximate surface area is 148 Å². The average Bonchev–Trinajstić information content (AvgIpc) is 2.84. The zero-order valence-corrected chi connectivity index (χ0v) is 14.0. The Morgan fingerprint density at radius 1 is 1.31 bits per heavy atom. The predicted molar refractivity (Wildman–Crippen MR) is 83.2 cm³/mol. The molecule has 0 spiro atoms. The maximum Gasteiger partial charge on any atom is 0.418 e. The summed E-state index contributed by atoms with van der Waals surface area (Å²) >= 11 is 0. The number of urea groups is 1. The van der Waals surface area contributed by atoms with Crippen molar-refractivity contribution >= 4 is 28.2 Å². The lowest BCUT2D eigenvalue weighted by Gasteiger charge is -2.29. The van der Waals surface area contributed by atoms with Crippen LogP contribution in [0.1, 0.15) is 23.2 Å². The quantitative estimate of drug-likeness (QED) is 0.433. The number of piperidine rings is 1. The van der Waals surface area contributed by atoms with Crippen LogP contribution >= 0.6 is 0 Å². The normalized spacial score (nSPS) is 22.3. The maximum atomic E-state index is 12.3. The Morgan fingerprint density at radius 2 is 2.08 bits per heavy atom. The second-order valence-corrected chi connectivity index (χ2v) is 6.70. The van der Waals surface area contributed by atoms with Crippen LogP contribution in [-0.2, 0) is 19.5 Å². The number of fused-ring (bicyclic) bond motifs is 2. The molecule has 1 aromatic heterocycles. The van der Waals surface area contributed by atoms with Crippen molar-refractivity contribution in [1.29, 1.82) is 0 Å². The van der Waals surface area contributed by atoms with E-state index in [0.717, 1.165) is 4.90 Å². The van der Waals surface area contributed by atoms with E-state index in [4.69, 9.17) is 4.55 Å². The summed E-state index contributed by atoms with van der Waals surface area (Å²) in [4.78, 5) is 41.3. The molecule has 2 bridgehead atoms. The van der Waals surface area contributed by atoms with E-state index in [1.165, 1.54) is 18.5 Å². The van der Waals surface area contributed by atoms with Crippen molar-refractivity contribution < 1.29 is 31.6 Å². The number of hydrogen-bond donors (Lipinski definition) is 3. The van der Waals surface area contributed by atoms with Crippen LogP contribution in [0.2, 0.25) is 0 Å². The van der Waals surface area contributed by atoms with Gasteiger partial charge in [0.15, 0.2) is 0 Å². The Hall–Kier alpha value is -2.77. The van der Waals surface area contributed by atoms with Gasteiger partial charge < -0.3 is 4.90 Å². The number of pyridine rings is 1. The molecule has 0 aromatic carbocycles. The fourth-order valence-corrected chi connectivity index (χ4v) is 3.26. The van der Waals surface area contributed by atoms with Gasteiger partial charge in [-0.3, -0.25) is 30.0 Å². The third-order valence-corrected chi connectivity index (χ3v) is 4.37. The van der Waals surface area contributed by atoms with Crippen LogP contribution < -0.4 is 10.9 Å². The molecule has 12 nitrogen and oxygen atoms in total. The molecule has 0 saturated carbocycles. The molecule has 3 rings (SSSR count). The van der Waals surface area contributed by atoms with Crippen molar-refractivity contribution in [1.82, 2.24) is 25.8 Å². The number of nitrogens with one attached hydrogen (secondary N) is 2. The van der Waals surface area contributed by atoms with Crippen LogP contribution in [0.15, 0.2) is 24.5 Å². The maximum absolute atomic E-state index is 12.3. The average molecular weight is 385 g/mol. The second kappa shape index (κ2) is 6.86. The van der Waals surface area contributed by atoms with Crippen LogP contribution in [0.4, 0.5) is 4.79 Å². The molecule has 1 aromatic rings. The topological polar surface area (TPSA) is 158 Å². The number of aromatic nitrogens is 1. The third kappa shape index (κ3) is 3.74. The molecule has 3 N–H and O–H groups in total. The van der Waals surface area contributed by atoms with Gasteiger partial charge in [0.2, 0.25) is 0 Å². The van der Waals surface area contributed by atoms with Crippen molar-refractivity contribution in [3.63, 3.8) is 0 Å². The lowest BCUT2D eigenvalue weighted by molar-refractivity contribution is -0.126. The van der Waals surface area contributed by atoms with E-state index < -0.39 is 40.3 Å². The monoisotopic (exact) mass is 385 g/mol. The number of hydrogen-bond acceptors (Lipinski definition) is 7. The molecule has 2 aliphatic heterocycles. The van der Waals surface area contributed by atoms with Gasteiger partial charge in [0.05, 0.1) is 11.6 Å². The summed E-state index contributed by atoms with van der Waals surface area (Å²) < 4.78 is 34.7. The molecular weight excluding hydrogens is 370 g/mol. The molecule has 13 heteroatoms. The first-order valence-electron chi connectivity index (χ1n) is 7.53. The number of amides is 4. The molecule has 26 heavy (non-hydrogen) atoms. The number of rotatable bonds is 4. The Bertz CT molecular complexity index is 831. The van der Waals surface area contributed by atoms with Crippen molar-refractivity contribution in [2.45, 2.75) is 24.9 Å².